The average Bonchev–Trinajstić information content (AvgIpc) is 2.58. The average molecular weight is 208 g/mol. The normalized spacial score (nSPS) is 11.2. The molecule has 1 heterocycles. The zero-order valence-electron chi connectivity index (χ0n) is 9.30. The molecule has 1 aromatic heterocycles. The molecule has 0 atom stereocenters. The lowest BCUT2D eigenvalue weighted by molar-refractivity contribution is -0.141. The molecule has 4 nitrogen and oxygen atoms in total. The van der Waals surface area contributed by atoms with Gasteiger partial charge in [0.1, 0.15) is 6.73 Å². The van der Waals surface area contributed by atoms with Crippen LogP contribution in [0.25, 0.3) is 6.08 Å². The van der Waals surface area contributed by atoms with Crippen molar-refractivity contribution in [3.8, 4) is 0 Å². The number of aromatic nitrogens is 1. The van der Waals surface area contributed by atoms with E-state index in [1.807, 2.05) is 44.0 Å². The number of nitrogens with zero attached hydrogens (tertiary/aromatic N) is 2. The van der Waals surface area contributed by atoms with E-state index >= 15 is 0 Å². The molecule has 15 heavy (non-hydrogen) atoms. The van der Waals surface area contributed by atoms with Gasteiger partial charge in [-0.25, -0.2) is 4.79 Å². The van der Waals surface area contributed by atoms with Gasteiger partial charge in [-0.3, -0.25) is 4.90 Å². The molecule has 0 saturated carbocycles. The van der Waals surface area contributed by atoms with Crippen LogP contribution in [0, 0.1) is 0 Å². The largest absolute Gasteiger partial charge is 0.446 e. The van der Waals surface area contributed by atoms with Crippen molar-refractivity contribution in [1.82, 2.24) is 9.47 Å². The van der Waals surface area contributed by atoms with Crippen LogP contribution in [0.3, 0.4) is 0 Å². The highest BCUT2D eigenvalue weighted by Crippen LogP contribution is 2.02. The Hall–Kier alpha value is -1.55. The number of hydrogen-bond donors (Lipinski definition) is 0. The van der Waals surface area contributed by atoms with E-state index in [4.69, 9.17) is 4.74 Å². The third-order valence-electron chi connectivity index (χ3n) is 1.84. The molecule has 0 N–H and O–H groups in total. The Morgan fingerprint density at radius 3 is 2.87 bits per heavy atom. The predicted molar refractivity (Wildman–Crippen MR) is 59.1 cm³/mol. The first-order chi connectivity index (χ1) is 7.09. The van der Waals surface area contributed by atoms with Crippen molar-refractivity contribution in [3.63, 3.8) is 0 Å². The molecule has 0 aliphatic heterocycles. The van der Waals surface area contributed by atoms with Crippen molar-refractivity contribution in [3.05, 3.63) is 30.1 Å². The number of ether oxygens (including phenoxy) is 1. The Bertz CT molecular complexity index is 353. The fourth-order valence-electron chi connectivity index (χ4n) is 1.04. The van der Waals surface area contributed by atoms with Gasteiger partial charge in [0.15, 0.2) is 0 Å². The van der Waals surface area contributed by atoms with Gasteiger partial charge >= 0.3 is 5.97 Å². The molecule has 0 aliphatic rings. The number of carbonyl (C=O) groups is 1. The highest BCUT2D eigenvalue weighted by molar-refractivity contribution is 5.86. The monoisotopic (exact) mass is 208 g/mol. The molecule has 1 rings (SSSR count). The first kappa shape index (κ1) is 11.5. The Morgan fingerprint density at radius 1 is 1.60 bits per heavy atom. The molecule has 4 heteroatoms. The highest BCUT2D eigenvalue weighted by Gasteiger charge is 1.98. The van der Waals surface area contributed by atoms with E-state index in [0.717, 1.165) is 5.69 Å². The topological polar surface area (TPSA) is 34.5 Å². The van der Waals surface area contributed by atoms with Crippen LogP contribution in [0.1, 0.15) is 5.69 Å². The van der Waals surface area contributed by atoms with Gasteiger partial charge in [0.2, 0.25) is 0 Å². The van der Waals surface area contributed by atoms with Crippen molar-refractivity contribution < 1.29 is 9.53 Å². The second kappa shape index (κ2) is 5.36. The van der Waals surface area contributed by atoms with E-state index in [9.17, 15) is 4.79 Å². The molecule has 0 bridgehead atoms. The number of hydrogen-bond acceptors (Lipinski definition) is 3. The van der Waals surface area contributed by atoms with E-state index in [0.29, 0.717) is 6.73 Å². The zero-order chi connectivity index (χ0) is 11.3. The first-order valence-electron chi connectivity index (χ1n) is 4.70. The lowest BCUT2D eigenvalue weighted by Crippen LogP contribution is -2.18. The summed E-state index contributed by atoms with van der Waals surface area (Å²) in [5, 5.41) is 0. The minimum Gasteiger partial charge on any atom is -0.446 e. The zero-order valence-corrected chi connectivity index (χ0v) is 9.30. The van der Waals surface area contributed by atoms with Crippen molar-refractivity contribution in [1.29, 1.82) is 0 Å². The summed E-state index contributed by atoms with van der Waals surface area (Å²) in [7, 11) is 5.60. The lowest BCUT2D eigenvalue weighted by Gasteiger charge is -2.08. The van der Waals surface area contributed by atoms with Crippen molar-refractivity contribution in [2.45, 2.75) is 0 Å². The van der Waals surface area contributed by atoms with E-state index in [1.54, 1.807) is 11.0 Å². The summed E-state index contributed by atoms with van der Waals surface area (Å²) < 4.78 is 6.86. The van der Waals surface area contributed by atoms with Gasteiger partial charge in [-0.05, 0) is 32.3 Å². The lowest BCUT2D eigenvalue weighted by atomic mass is 10.4. The van der Waals surface area contributed by atoms with E-state index in [-0.39, 0.29) is 5.97 Å². The van der Waals surface area contributed by atoms with E-state index < -0.39 is 0 Å². The van der Waals surface area contributed by atoms with Crippen LogP contribution in [-0.4, -0.2) is 36.3 Å². The number of carbonyl (C=O) groups excluding carboxylic acids is 1. The Labute approximate surface area is 89.8 Å². The fraction of sp³-hybridized carbons (Fsp3) is 0.364. The molecule has 0 aliphatic carbocycles. The molecule has 82 valence electrons. The van der Waals surface area contributed by atoms with Crippen molar-refractivity contribution in [2.75, 3.05) is 20.8 Å². The molecule has 0 aromatic carbocycles. The van der Waals surface area contributed by atoms with Crippen molar-refractivity contribution >= 4 is 12.0 Å². The summed E-state index contributed by atoms with van der Waals surface area (Å²) in [5.74, 6) is -0.329. The maximum Gasteiger partial charge on any atom is 0.332 e. The number of rotatable bonds is 4. The summed E-state index contributed by atoms with van der Waals surface area (Å²) in [6.45, 7) is 0.302. The summed E-state index contributed by atoms with van der Waals surface area (Å²) in [6, 6.07) is 3.85. The second-order valence-corrected chi connectivity index (χ2v) is 3.55. The molecule has 0 amide bonds. The maximum absolute atomic E-state index is 11.2. The highest BCUT2D eigenvalue weighted by atomic mass is 16.5. The van der Waals surface area contributed by atoms with Crippen LogP contribution in [-0.2, 0) is 16.6 Å². The molecular formula is C11H16N2O2. The SMILES string of the molecule is CN(C)COC(=O)/C=C\c1cccn1C. The van der Waals surface area contributed by atoms with Gasteiger partial charge in [-0.15, -0.1) is 0 Å². The van der Waals surface area contributed by atoms with Crippen LogP contribution in [0.15, 0.2) is 24.4 Å². The van der Waals surface area contributed by atoms with Gasteiger partial charge in [0.05, 0.1) is 0 Å². The summed E-state index contributed by atoms with van der Waals surface area (Å²) in [6.07, 6.45) is 5.08. The van der Waals surface area contributed by atoms with Crippen molar-refractivity contribution in [2.24, 2.45) is 7.05 Å². The summed E-state index contributed by atoms with van der Waals surface area (Å²) in [5.41, 5.74) is 0.969. The van der Waals surface area contributed by atoms with Crippen LogP contribution in [0.4, 0.5) is 0 Å². The second-order valence-electron chi connectivity index (χ2n) is 3.55. The first-order valence-corrected chi connectivity index (χ1v) is 4.70. The minimum absolute atomic E-state index is 0.302. The van der Waals surface area contributed by atoms with Crippen LogP contribution < -0.4 is 0 Å². The van der Waals surface area contributed by atoms with E-state index in [1.165, 1.54) is 6.08 Å². The minimum atomic E-state index is -0.329. The predicted octanol–water partition coefficient (Wildman–Crippen LogP) is 1.10. The molecular weight excluding hydrogens is 192 g/mol. The number of aryl methyl sites for hydroxylation is 1. The van der Waals surface area contributed by atoms with Gasteiger partial charge in [-0.2, -0.15) is 0 Å². The Balaban J connectivity index is 2.44. The molecule has 0 radical (unpaired) electrons. The fourth-order valence-corrected chi connectivity index (χ4v) is 1.04. The van der Waals surface area contributed by atoms with Gasteiger partial charge in [-0.1, -0.05) is 0 Å². The number of esters is 1. The van der Waals surface area contributed by atoms with Crippen LogP contribution in [0.2, 0.25) is 0 Å². The molecule has 1 aromatic rings. The van der Waals surface area contributed by atoms with Gasteiger partial charge < -0.3 is 9.30 Å². The summed E-state index contributed by atoms with van der Waals surface area (Å²) >= 11 is 0. The standard InChI is InChI=1S/C11H16N2O2/c1-12(2)9-15-11(14)7-6-10-5-4-8-13(10)3/h4-8H,9H2,1-3H3/b7-6-. The molecule has 0 unspecified atom stereocenters. The third kappa shape index (κ3) is 3.99. The van der Waals surface area contributed by atoms with Gasteiger partial charge in [0, 0.05) is 25.0 Å². The Morgan fingerprint density at radius 2 is 2.33 bits per heavy atom. The van der Waals surface area contributed by atoms with E-state index in [2.05, 4.69) is 0 Å². The quantitative estimate of drug-likeness (QED) is 0.422. The Kier molecular flexibility index (Phi) is 4.12. The maximum atomic E-state index is 11.2. The molecule has 0 spiro atoms. The smallest absolute Gasteiger partial charge is 0.332 e. The van der Waals surface area contributed by atoms with Crippen LogP contribution >= 0.6 is 0 Å². The molecule has 0 fully saturated rings. The molecule has 0 saturated heterocycles. The van der Waals surface area contributed by atoms with Crippen LogP contribution in [0.5, 0.6) is 0 Å². The third-order valence-corrected chi connectivity index (χ3v) is 1.84. The van der Waals surface area contributed by atoms with Gasteiger partial charge in [0.25, 0.3) is 0 Å². The summed E-state index contributed by atoms with van der Waals surface area (Å²) in [4.78, 5) is 13.0.